The van der Waals surface area contributed by atoms with Crippen LogP contribution in [0.5, 0.6) is 0 Å². The molecule has 1 aromatic heterocycles. The summed E-state index contributed by atoms with van der Waals surface area (Å²) in [5, 5.41) is 2.57. The predicted octanol–water partition coefficient (Wildman–Crippen LogP) is 19.2. The van der Waals surface area contributed by atoms with Crippen LogP contribution in [0.25, 0.3) is 75.8 Å². The zero-order valence-electron chi connectivity index (χ0n) is 40.2. The summed E-state index contributed by atoms with van der Waals surface area (Å²) in [6.07, 6.45) is 0. The van der Waals surface area contributed by atoms with Gasteiger partial charge in [-0.3, -0.25) is 0 Å². The smallest absolute Gasteiger partial charge is 0.0714 e. The Balaban J connectivity index is 0.978. The Morgan fingerprint density at radius 3 is 1.67 bits per heavy atom. The van der Waals surface area contributed by atoms with Gasteiger partial charge in [-0.05, 0) is 144 Å². The zero-order chi connectivity index (χ0) is 48.0. The molecule has 0 N–H and O–H groups in total. The van der Waals surface area contributed by atoms with E-state index in [1.807, 2.05) is 11.3 Å². The molecule has 0 saturated carbocycles. The van der Waals surface area contributed by atoms with E-state index in [2.05, 4.69) is 280 Å². The fraction of sp³-hybridized carbons (Fsp3) is 0.0571. The Morgan fingerprint density at radius 2 is 0.875 bits per heavy atom. The van der Waals surface area contributed by atoms with E-state index in [-0.39, 0.29) is 5.41 Å². The number of fused-ring (bicyclic) bond motifs is 9. The molecule has 0 spiro atoms. The molecule has 11 aromatic carbocycles. The van der Waals surface area contributed by atoms with Crippen molar-refractivity contribution in [2.75, 3.05) is 4.90 Å². The normalized spacial score (nSPS) is 15.0. The Hall–Kier alpha value is -8.56. The van der Waals surface area contributed by atoms with Gasteiger partial charge in [-0.15, -0.1) is 11.3 Å². The van der Waals surface area contributed by atoms with Crippen molar-refractivity contribution >= 4 is 48.6 Å². The molecule has 0 fully saturated rings. The summed E-state index contributed by atoms with van der Waals surface area (Å²) in [6, 6.07) is 97.3. The summed E-state index contributed by atoms with van der Waals surface area (Å²) >= 11 is 1.88. The second-order valence-electron chi connectivity index (χ2n) is 19.9. The van der Waals surface area contributed by atoms with Gasteiger partial charge in [-0.25, -0.2) is 0 Å². The second kappa shape index (κ2) is 16.5. The number of benzene rings is 11. The summed E-state index contributed by atoms with van der Waals surface area (Å²) < 4.78 is 2.57. The van der Waals surface area contributed by atoms with Crippen LogP contribution in [0.1, 0.15) is 47.2 Å². The Bertz CT molecular complexity index is 4050. The van der Waals surface area contributed by atoms with Crippen LogP contribution in [0, 0.1) is 0 Å². The molecule has 1 atom stereocenters. The van der Waals surface area contributed by atoms with Gasteiger partial charge in [0.25, 0.3) is 0 Å². The van der Waals surface area contributed by atoms with Gasteiger partial charge in [0, 0.05) is 42.6 Å². The molecular weight excluding hydrogens is 887 g/mol. The summed E-state index contributed by atoms with van der Waals surface area (Å²) in [4.78, 5) is 2.47. The maximum atomic E-state index is 2.47. The first-order valence-electron chi connectivity index (χ1n) is 25.1. The highest BCUT2D eigenvalue weighted by Crippen LogP contribution is 2.59. The van der Waals surface area contributed by atoms with Gasteiger partial charge in [0.1, 0.15) is 0 Å². The standard InChI is InChI=1S/C70H49NS/c1-69(2)61-31-14-12-27-57(61)58-41-37-49(43-64(58)69)56-30-18-34-66-68(56)60-45-54(40-42-65(60)72-66)71(52-38-35-47(36-39-52)46-19-6-3-7-20-46)53-26-16-25-51(44-53)70(50-23-10-5-11-24-50)62-32-15-13-28-59(62)67-55(29-17-33-63(67)70)48-21-8-4-9-22-48/h3-45H,1-2H3. The van der Waals surface area contributed by atoms with E-state index in [0.29, 0.717) is 0 Å². The molecule has 0 radical (unpaired) electrons. The second-order valence-corrected chi connectivity index (χ2v) is 21.0. The molecule has 72 heavy (non-hydrogen) atoms. The van der Waals surface area contributed by atoms with Crippen LogP contribution in [0.2, 0.25) is 0 Å². The highest BCUT2D eigenvalue weighted by molar-refractivity contribution is 7.26. The summed E-state index contributed by atoms with van der Waals surface area (Å²) in [5.41, 5.74) is 23.1. The number of hydrogen-bond donors (Lipinski definition) is 0. The quantitative estimate of drug-likeness (QED) is 0.147. The lowest BCUT2D eigenvalue weighted by Crippen LogP contribution is -2.28. The van der Waals surface area contributed by atoms with Crippen LogP contribution in [-0.4, -0.2) is 0 Å². The van der Waals surface area contributed by atoms with Gasteiger partial charge in [0.15, 0.2) is 0 Å². The van der Waals surface area contributed by atoms with Gasteiger partial charge in [0.2, 0.25) is 0 Å². The molecule has 340 valence electrons. The van der Waals surface area contributed by atoms with E-state index in [1.54, 1.807) is 0 Å². The molecule has 12 aromatic rings. The maximum absolute atomic E-state index is 2.47. The van der Waals surface area contributed by atoms with Crippen molar-refractivity contribution in [3.8, 4) is 55.6 Å². The first kappa shape index (κ1) is 42.3. The van der Waals surface area contributed by atoms with E-state index in [9.17, 15) is 0 Å². The van der Waals surface area contributed by atoms with Crippen molar-refractivity contribution in [3.05, 3.63) is 294 Å². The summed E-state index contributed by atoms with van der Waals surface area (Å²) in [7, 11) is 0. The number of thiophene rings is 1. The molecule has 0 bridgehead atoms. The Kier molecular flexibility index (Phi) is 9.71. The largest absolute Gasteiger partial charge is 0.310 e. The Morgan fingerprint density at radius 1 is 0.319 bits per heavy atom. The van der Waals surface area contributed by atoms with Gasteiger partial charge in [0.05, 0.1) is 5.41 Å². The summed E-state index contributed by atoms with van der Waals surface area (Å²) in [6.45, 7) is 4.75. The lowest BCUT2D eigenvalue weighted by atomic mass is 9.67. The molecular formula is C70H49NS. The third kappa shape index (κ3) is 6.39. The van der Waals surface area contributed by atoms with Crippen molar-refractivity contribution in [2.24, 2.45) is 0 Å². The molecule has 2 aliphatic carbocycles. The Labute approximate surface area is 425 Å². The molecule has 2 heteroatoms. The average molecular weight is 936 g/mol. The van der Waals surface area contributed by atoms with E-state index in [0.717, 1.165) is 17.1 Å². The van der Waals surface area contributed by atoms with Crippen LogP contribution in [-0.2, 0) is 10.8 Å². The highest BCUT2D eigenvalue weighted by atomic mass is 32.1. The number of hydrogen-bond acceptors (Lipinski definition) is 2. The van der Waals surface area contributed by atoms with Crippen molar-refractivity contribution in [1.82, 2.24) is 0 Å². The molecule has 1 unspecified atom stereocenters. The zero-order valence-corrected chi connectivity index (χ0v) is 41.0. The first-order valence-corrected chi connectivity index (χ1v) is 25.9. The predicted molar refractivity (Wildman–Crippen MR) is 305 cm³/mol. The fourth-order valence-electron chi connectivity index (χ4n) is 12.5. The topological polar surface area (TPSA) is 3.24 Å². The van der Waals surface area contributed by atoms with Crippen molar-refractivity contribution in [3.63, 3.8) is 0 Å². The van der Waals surface area contributed by atoms with Gasteiger partial charge in [-0.1, -0.05) is 220 Å². The molecule has 0 amide bonds. The third-order valence-electron chi connectivity index (χ3n) is 15.8. The molecule has 1 heterocycles. The van der Waals surface area contributed by atoms with Crippen molar-refractivity contribution in [2.45, 2.75) is 24.7 Å². The lowest BCUT2D eigenvalue weighted by molar-refractivity contribution is 0.660. The SMILES string of the molecule is CC1(C)c2ccccc2-c2ccc(-c3cccc4sc5ccc(N(c6ccc(-c7ccccc7)cc6)c6cccc(C7(c8ccccc8)c8ccccc8-c8c(-c9ccccc9)cccc87)c6)cc5c34)cc21. The molecule has 1 nitrogen and oxygen atoms in total. The van der Waals surface area contributed by atoms with E-state index < -0.39 is 5.41 Å². The lowest BCUT2D eigenvalue weighted by Gasteiger charge is -2.35. The monoisotopic (exact) mass is 935 g/mol. The minimum Gasteiger partial charge on any atom is -0.310 e. The fourth-order valence-corrected chi connectivity index (χ4v) is 13.6. The van der Waals surface area contributed by atoms with Crippen LogP contribution >= 0.6 is 11.3 Å². The van der Waals surface area contributed by atoms with Crippen LogP contribution < -0.4 is 4.90 Å². The van der Waals surface area contributed by atoms with E-state index >= 15 is 0 Å². The van der Waals surface area contributed by atoms with E-state index in [4.69, 9.17) is 0 Å². The number of nitrogens with zero attached hydrogens (tertiary/aromatic N) is 1. The minimum atomic E-state index is -0.592. The van der Waals surface area contributed by atoms with Crippen LogP contribution in [0.4, 0.5) is 17.1 Å². The summed E-state index contributed by atoms with van der Waals surface area (Å²) in [5.74, 6) is 0. The minimum absolute atomic E-state index is 0.0866. The number of rotatable bonds is 8. The number of anilines is 3. The van der Waals surface area contributed by atoms with Gasteiger partial charge >= 0.3 is 0 Å². The van der Waals surface area contributed by atoms with Gasteiger partial charge < -0.3 is 4.90 Å². The third-order valence-corrected chi connectivity index (χ3v) is 16.9. The van der Waals surface area contributed by atoms with Gasteiger partial charge in [-0.2, -0.15) is 0 Å². The van der Waals surface area contributed by atoms with Crippen LogP contribution in [0.3, 0.4) is 0 Å². The van der Waals surface area contributed by atoms with Crippen molar-refractivity contribution in [1.29, 1.82) is 0 Å². The first-order chi connectivity index (χ1) is 35.5. The molecule has 0 aliphatic heterocycles. The molecule has 14 rings (SSSR count). The molecule has 0 saturated heterocycles. The van der Waals surface area contributed by atoms with E-state index in [1.165, 1.54) is 109 Å². The average Bonchev–Trinajstić information content (AvgIpc) is 4.05. The highest BCUT2D eigenvalue weighted by Gasteiger charge is 2.47. The maximum Gasteiger partial charge on any atom is 0.0714 e. The van der Waals surface area contributed by atoms with Crippen LogP contribution in [0.15, 0.2) is 261 Å². The molecule has 2 aliphatic rings. The van der Waals surface area contributed by atoms with Crippen molar-refractivity contribution < 1.29 is 0 Å².